The predicted octanol–water partition coefficient (Wildman–Crippen LogP) is 3.67. The fraction of sp³-hybridized carbons (Fsp3) is 0.429. The Labute approximate surface area is 167 Å². The van der Waals surface area contributed by atoms with Gasteiger partial charge in [0.2, 0.25) is 0 Å². The molecular formula is C21H27N3O3S. The predicted molar refractivity (Wildman–Crippen MR) is 110 cm³/mol. The van der Waals surface area contributed by atoms with Gasteiger partial charge in [-0.2, -0.15) is 0 Å². The lowest BCUT2D eigenvalue weighted by atomic mass is 10.1. The molecule has 1 amide bonds. The van der Waals surface area contributed by atoms with Gasteiger partial charge in [-0.1, -0.05) is 43.4 Å². The maximum Gasteiger partial charge on any atom is 0.264 e. The number of nitrogens with one attached hydrogen (secondary N) is 1. The molecule has 7 heteroatoms. The highest BCUT2D eigenvalue weighted by atomic mass is 32.2. The minimum Gasteiger partial charge on any atom is -0.349 e. The van der Waals surface area contributed by atoms with Crippen LogP contribution in [0.25, 0.3) is 0 Å². The third kappa shape index (κ3) is 4.70. The molecule has 2 aromatic rings. The van der Waals surface area contributed by atoms with Crippen LogP contribution in [0.4, 0.5) is 5.69 Å². The molecule has 1 aliphatic carbocycles. The average molecular weight is 402 g/mol. The Kier molecular flexibility index (Phi) is 6.34. The van der Waals surface area contributed by atoms with Gasteiger partial charge >= 0.3 is 0 Å². The van der Waals surface area contributed by atoms with Crippen LogP contribution in [0.15, 0.2) is 47.6 Å². The summed E-state index contributed by atoms with van der Waals surface area (Å²) in [6.07, 6.45) is 9.58. The summed E-state index contributed by atoms with van der Waals surface area (Å²) in [6.45, 7) is 1.90. The van der Waals surface area contributed by atoms with Crippen LogP contribution >= 0.6 is 0 Å². The maximum atomic E-state index is 12.9. The number of amides is 1. The van der Waals surface area contributed by atoms with Crippen LogP contribution in [0, 0.1) is 6.92 Å². The van der Waals surface area contributed by atoms with Crippen molar-refractivity contribution in [1.29, 1.82) is 0 Å². The van der Waals surface area contributed by atoms with Crippen LogP contribution < -0.4 is 9.62 Å². The molecule has 6 nitrogen and oxygen atoms in total. The van der Waals surface area contributed by atoms with Crippen molar-refractivity contribution in [2.24, 2.45) is 0 Å². The topological polar surface area (TPSA) is 79.4 Å². The number of carbonyl (C=O) groups excluding carboxylic acids is 1. The fourth-order valence-corrected chi connectivity index (χ4v) is 4.60. The number of aryl methyl sites for hydroxylation is 1. The Morgan fingerprint density at radius 1 is 1.07 bits per heavy atom. The molecule has 1 saturated carbocycles. The second kappa shape index (κ2) is 8.73. The van der Waals surface area contributed by atoms with Crippen molar-refractivity contribution >= 4 is 21.6 Å². The van der Waals surface area contributed by atoms with E-state index in [2.05, 4.69) is 10.3 Å². The Bertz CT molecular complexity index is 918. The van der Waals surface area contributed by atoms with Crippen LogP contribution in [-0.4, -0.2) is 32.4 Å². The van der Waals surface area contributed by atoms with Crippen molar-refractivity contribution in [1.82, 2.24) is 10.3 Å². The zero-order valence-electron chi connectivity index (χ0n) is 16.4. The molecule has 0 unspecified atom stereocenters. The number of hydrogen-bond donors (Lipinski definition) is 1. The van der Waals surface area contributed by atoms with Gasteiger partial charge in [0.1, 0.15) is 0 Å². The molecule has 0 radical (unpaired) electrons. The fourth-order valence-electron chi connectivity index (χ4n) is 3.42. The summed E-state index contributed by atoms with van der Waals surface area (Å²) in [5.41, 5.74) is 1.71. The number of anilines is 1. The molecule has 1 N–H and O–H groups in total. The number of hydrogen-bond acceptors (Lipinski definition) is 4. The number of pyridine rings is 1. The van der Waals surface area contributed by atoms with E-state index in [4.69, 9.17) is 0 Å². The molecule has 3 rings (SSSR count). The monoisotopic (exact) mass is 401 g/mol. The minimum absolute atomic E-state index is 0.174. The third-order valence-electron chi connectivity index (χ3n) is 5.22. The lowest BCUT2D eigenvalue weighted by Gasteiger charge is -2.20. The molecule has 0 aliphatic heterocycles. The van der Waals surface area contributed by atoms with Gasteiger partial charge in [0.25, 0.3) is 15.9 Å². The average Bonchev–Trinajstić information content (AvgIpc) is 2.96. The van der Waals surface area contributed by atoms with E-state index in [0.717, 1.165) is 35.6 Å². The lowest BCUT2D eigenvalue weighted by molar-refractivity contribution is 0.0933. The highest BCUT2D eigenvalue weighted by Gasteiger charge is 2.23. The van der Waals surface area contributed by atoms with E-state index in [0.29, 0.717) is 11.3 Å². The molecular weight excluding hydrogens is 374 g/mol. The molecule has 0 saturated heterocycles. The van der Waals surface area contributed by atoms with Crippen LogP contribution in [0.1, 0.15) is 54.4 Å². The number of carbonyl (C=O) groups is 1. The van der Waals surface area contributed by atoms with Crippen molar-refractivity contribution in [3.63, 3.8) is 0 Å². The smallest absolute Gasteiger partial charge is 0.264 e. The molecule has 1 fully saturated rings. The zero-order chi connectivity index (χ0) is 20.1. The van der Waals surface area contributed by atoms with E-state index in [-0.39, 0.29) is 16.8 Å². The maximum absolute atomic E-state index is 12.9. The summed E-state index contributed by atoms with van der Waals surface area (Å²) in [5, 5.41) is 3.07. The highest BCUT2D eigenvalue weighted by molar-refractivity contribution is 7.92. The molecule has 150 valence electrons. The van der Waals surface area contributed by atoms with Crippen LogP contribution in [0.2, 0.25) is 0 Å². The van der Waals surface area contributed by atoms with E-state index in [1.807, 2.05) is 6.92 Å². The highest BCUT2D eigenvalue weighted by Crippen LogP contribution is 2.23. The van der Waals surface area contributed by atoms with Gasteiger partial charge in [0, 0.05) is 19.3 Å². The third-order valence-corrected chi connectivity index (χ3v) is 7.02. The standard InChI is InChI=1S/C21H27N3O3S/c1-16-9-11-20(12-10-16)28(26,27)24(2)19-13-17(14-22-15-19)21(25)23-18-7-5-3-4-6-8-18/h9-15,18H,3-8H2,1-2H3,(H,23,25). The number of sulfonamides is 1. The van der Waals surface area contributed by atoms with Crippen molar-refractivity contribution in [3.8, 4) is 0 Å². The van der Waals surface area contributed by atoms with Crippen LogP contribution in [-0.2, 0) is 10.0 Å². The number of nitrogens with zero attached hydrogens (tertiary/aromatic N) is 2. The summed E-state index contributed by atoms with van der Waals surface area (Å²) in [6, 6.07) is 8.43. The number of benzene rings is 1. The first kappa shape index (κ1) is 20.3. The van der Waals surface area contributed by atoms with Gasteiger partial charge in [0.05, 0.1) is 22.3 Å². The number of rotatable bonds is 5. The largest absolute Gasteiger partial charge is 0.349 e. The van der Waals surface area contributed by atoms with Crippen molar-refractivity contribution in [2.75, 3.05) is 11.4 Å². The van der Waals surface area contributed by atoms with Gasteiger partial charge in [-0.05, 0) is 38.0 Å². The second-order valence-electron chi connectivity index (χ2n) is 7.38. The normalized spacial score (nSPS) is 15.6. The second-order valence-corrected chi connectivity index (χ2v) is 9.35. The quantitative estimate of drug-likeness (QED) is 0.776. The van der Waals surface area contributed by atoms with E-state index >= 15 is 0 Å². The van der Waals surface area contributed by atoms with Gasteiger partial charge in [-0.3, -0.25) is 14.1 Å². The van der Waals surface area contributed by atoms with E-state index in [1.165, 1.54) is 32.3 Å². The number of aromatic nitrogens is 1. The first-order chi connectivity index (χ1) is 13.4. The van der Waals surface area contributed by atoms with Crippen molar-refractivity contribution < 1.29 is 13.2 Å². The van der Waals surface area contributed by atoms with Crippen LogP contribution in [0.3, 0.4) is 0 Å². The first-order valence-corrected chi connectivity index (χ1v) is 11.1. The Morgan fingerprint density at radius 2 is 1.71 bits per heavy atom. The summed E-state index contributed by atoms with van der Waals surface area (Å²) in [4.78, 5) is 16.9. The van der Waals surface area contributed by atoms with Gasteiger partial charge < -0.3 is 5.32 Å². The molecule has 0 atom stereocenters. The Morgan fingerprint density at radius 3 is 2.36 bits per heavy atom. The molecule has 1 aliphatic rings. The zero-order valence-corrected chi connectivity index (χ0v) is 17.2. The van der Waals surface area contributed by atoms with Gasteiger partial charge in [0.15, 0.2) is 0 Å². The van der Waals surface area contributed by atoms with E-state index in [1.54, 1.807) is 30.3 Å². The van der Waals surface area contributed by atoms with Crippen molar-refractivity contribution in [2.45, 2.75) is 56.4 Å². The molecule has 28 heavy (non-hydrogen) atoms. The summed E-state index contributed by atoms with van der Waals surface area (Å²) in [7, 11) is -2.25. The summed E-state index contributed by atoms with van der Waals surface area (Å²) < 4.78 is 26.9. The SMILES string of the molecule is Cc1ccc(S(=O)(=O)N(C)c2cncc(C(=O)NC3CCCCCC3)c2)cc1. The van der Waals surface area contributed by atoms with Crippen LogP contribution in [0.5, 0.6) is 0 Å². The van der Waals surface area contributed by atoms with E-state index < -0.39 is 10.0 Å². The van der Waals surface area contributed by atoms with Gasteiger partial charge in [-0.15, -0.1) is 0 Å². The van der Waals surface area contributed by atoms with Crippen molar-refractivity contribution in [3.05, 3.63) is 53.9 Å². The molecule has 1 aromatic heterocycles. The van der Waals surface area contributed by atoms with Gasteiger partial charge in [-0.25, -0.2) is 8.42 Å². The minimum atomic E-state index is -3.72. The Hall–Kier alpha value is -2.41. The Balaban J connectivity index is 1.78. The summed E-state index contributed by atoms with van der Waals surface area (Å²) >= 11 is 0. The molecule has 0 spiro atoms. The molecule has 1 aromatic carbocycles. The molecule has 0 bridgehead atoms. The molecule has 1 heterocycles. The first-order valence-electron chi connectivity index (χ1n) is 9.69. The summed E-state index contributed by atoms with van der Waals surface area (Å²) in [5.74, 6) is -0.206. The van der Waals surface area contributed by atoms with E-state index in [9.17, 15) is 13.2 Å². The lowest BCUT2D eigenvalue weighted by Crippen LogP contribution is -2.34.